The van der Waals surface area contributed by atoms with Gasteiger partial charge in [-0.05, 0) is 37.0 Å². The van der Waals surface area contributed by atoms with Crippen LogP contribution in [0.1, 0.15) is 24.0 Å². The molecule has 1 fully saturated rings. The fourth-order valence-electron chi connectivity index (χ4n) is 1.78. The Hall–Kier alpha value is -2.29. The highest BCUT2D eigenvalue weighted by Crippen LogP contribution is 2.28. The van der Waals surface area contributed by atoms with Crippen molar-refractivity contribution in [3.63, 3.8) is 0 Å². The van der Waals surface area contributed by atoms with Crippen LogP contribution in [-0.4, -0.2) is 11.1 Å². The average molecular weight is 284 g/mol. The Morgan fingerprint density at radius 3 is 2.24 bits per heavy atom. The van der Waals surface area contributed by atoms with Crippen molar-refractivity contribution in [1.29, 1.82) is 0 Å². The number of benzene rings is 2. The molecule has 110 valence electrons. The first kappa shape index (κ1) is 15.1. The summed E-state index contributed by atoms with van der Waals surface area (Å²) in [7, 11) is 0. The second kappa shape index (κ2) is 7.48. The zero-order chi connectivity index (χ0) is 15.1. The summed E-state index contributed by atoms with van der Waals surface area (Å²) >= 11 is 0. The molecule has 0 saturated heterocycles. The molecule has 3 rings (SSSR count). The number of para-hydroxylation sites is 1. The molecule has 3 nitrogen and oxygen atoms in total. The number of rotatable bonds is 4. The monoisotopic (exact) mass is 284 g/mol. The summed E-state index contributed by atoms with van der Waals surface area (Å²) in [6.07, 6.45) is 1.80. The molecule has 0 atom stereocenters. The first-order chi connectivity index (χ1) is 10.2. The van der Waals surface area contributed by atoms with Crippen LogP contribution in [0.4, 0.5) is 0 Å². The molecule has 0 radical (unpaired) electrons. The number of hydrogen-bond donors (Lipinski definition) is 1. The predicted octanol–water partition coefficient (Wildman–Crippen LogP) is 4.06. The minimum absolute atomic E-state index is 0.0185. The van der Waals surface area contributed by atoms with E-state index >= 15 is 0 Å². The lowest BCUT2D eigenvalue weighted by molar-refractivity contribution is -0.138. The van der Waals surface area contributed by atoms with Gasteiger partial charge in [0, 0.05) is 0 Å². The lowest BCUT2D eigenvalue weighted by Crippen LogP contribution is -1.96. The molecule has 1 saturated carbocycles. The molecular weight excluding hydrogens is 264 g/mol. The van der Waals surface area contributed by atoms with Crippen molar-refractivity contribution in [2.45, 2.75) is 26.4 Å². The van der Waals surface area contributed by atoms with E-state index in [0.717, 1.165) is 18.6 Å². The molecule has 1 aliphatic carbocycles. The Bertz CT molecular complexity index is 574. The second-order valence-electron chi connectivity index (χ2n) is 5.15. The van der Waals surface area contributed by atoms with Gasteiger partial charge in [0.1, 0.15) is 12.4 Å². The number of carbonyl (C=O) groups is 1. The molecule has 2 aromatic rings. The van der Waals surface area contributed by atoms with E-state index in [2.05, 4.69) is 25.1 Å². The number of aliphatic carboxylic acids is 1. The maximum absolute atomic E-state index is 9.76. The Morgan fingerprint density at radius 2 is 1.71 bits per heavy atom. The smallest absolute Gasteiger partial charge is 0.306 e. The van der Waals surface area contributed by atoms with Crippen LogP contribution in [0.3, 0.4) is 0 Å². The summed E-state index contributed by atoms with van der Waals surface area (Å²) in [5.41, 5.74) is 2.37. The van der Waals surface area contributed by atoms with Gasteiger partial charge in [0.2, 0.25) is 0 Å². The molecule has 3 heteroatoms. The van der Waals surface area contributed by atoms with E-state index in [1.54, 1.807) is 0 Å². The molecule has 0 unspecified atom stereocenters. The first-order valence-corrected chi connectivity index (χ1v) is 7.12. The molecule has 1 aliphatic rings. The summed E-state index contributed by atoms with van der Waals surface area (Å²) in [6, 6.07) is 18.3. The van der Waals surface area contributed by atoms with Crippen molar-refractivity contribution in [2.75, 3.05) is 0 Å². The number of carboxylic acid groups (broad SMARTS) is 1. The maximum Gasteiger partial charge on any atom is 0.306 e. The highest BCUT2D eigenvalue weighted by molar-refractivity contribution is 5.72. The van der Waals surface area contributed by atoms with Crippen LogP contribution in [0.2, 0.25) is 0 Å². The summed E-state index contributed by atoms with van der Waals surface area (Å²) in [5.74, 6) is 0.348. The molecule has 0 aromatic heterocycles. The van der Waals surface area contributed by atoms with Gasteiger partial charge in [-0.1, -0.05) is 48.5 Å². The van der Waals surface area contributed by atoms with E-state index in [1.165, 1.54) is 11.1 Å². The zero-order valence-corrected chi connectivity index (χ0v) is 12.2. The van der Waals surface area contributed by atoms with Gasteiger partial charge in [-0.25, -0.2) is 0 Å². The quantitative estimate of drug-likeness (QED) is 0.921. The molecule has 1 N–H and O–H groups in total. The molecule has 0 aliphatic heterocycles. The van der Waals surface area contributed by atoms with Gasteiger partial charge in [0.05, 0.1) is 5.92 Å². The van der Waals surface area contributed by atoms with Gasteiger partial charge in [-0.15, -0.1) is 0 Å². The lowest BCUT2D eigenvalue weighted by Gasteiger charge is -2.08. The molecule has 21 heavy (non-hydrogen) atoms. The van der Waals surface area contributed by atoms with Gasteiger partial charge in [0.25, 0.3) is 0 Å². The zero-order valence-electron chi connectivity index (χ0n) is 12.2. The maximum atomic E-state index is 9.76. The summed E-state index contributed by atoms with van der Waals surface area (Å²) in [6.45, 7) is 2.69. The van der Waals surface area contributed by atoms with E-state index < -0.39 is 5.97 Å². The molecule has 0 heterocycles. The van der Waals surface area contributed by atoms with Crippen LogP contribution in [0.15, 0.2) is 54.6 Å². The third kappa shape index (κ3) is 5.30. The first-order valence-electron chi connectivity index (χ1n) is 7.12. The molecular formula is C18H20O3. The van der Waals surface area contributed by atoms with Crippen molar-refractivity contribution in [1.82, 2.24) is 0 Å². The van der Waals surface area contributed by atoms with Crippen LogP contribution >= 0.6 is 0 Å². The van der Waals surface area contributed by atoms with E-state index in [9.17, 15) is 4.79 Å². The fourth-order valence-corrected chi connectivity index (χ4v) is 1.78. The van der Waals surface area contributed by atoms with E-state index in [-0.39, 0.29) is 5.92 Å². The topological polar surface area (TPSA) is 46.5 Å². The Kier molecular flexibility index (Phi) is 5.38. The van der Waals surface area contributed by atoms with Crippen LogP contribution in [0, 0.1) is 12.8 Å². The van der Waals surface area contributed by atoms with Crippen molar-refractivity contribution >= 4 is 5.97 Å². The summed E-state index contributed by atoms with van der Waals surface area (Å²) in [4.78, 5) is 9.76. The highest BCUT2D eigenvalue weighted by Gasteiger charge is 2.28. The SMILES string of the molecule is Cc1ccccc1OCc1ccccc1.O=C(O)C1CC1. The summed E-state index contributed by atoms with van der Waals surface area (Å²) in [5, 5.41) is 8.05. The van der Waals surface area contributed by atoms with Crippen molar-refractivity contribution in [2.24, 2.45) is 5.92 Å². The minimum atomic E-state index is -0.630. The number of aryl methyl sites for hydroxylation is 1. The van der Waals surface area contributed by atoms with Crippen LogP contribution in [0.5, 0.6) is 5.75 Å². The third-order valence-electron chi connectivity index (χ3n) is 3.26. The predicted molar refractivity (Wildman–Crippen MR) is 82.3 cm³/mol. The van der Waals surface area contributed by atoms with Crippen LogP contribution in [0.25, 0.3) is 0 Å². The Morgan fingerprint density at radius 1 is 1.10 bits per heavy atom. The normalized spacial score (nSPS) is 13.0. The number of carboxylic acids is 1. The van der Waals surface area contributed by atoms with E-state index in [4.69, 9.17) is 9.84 Å². The minimum Gasteiger partial charge on any atom is -0.489 e. The van der Waals surface area contributed by atoms with Gasteiger partial charge in [0.15, 0.2) is 0 Å². The van der Waals surface area contributed by atoms with Crippen molar-refractivity contribution in [3.05, 3.63) is 65.7 Å². The standard InChI is InChI=1S/C14H14O.C4H6O2/c1-12-7-5-6-10-14(12)15-11-13-8-3-2-4-9-13;5-4(6)3-1-2-3/h2-10H,11H2,1H3;3H,1-2H2,(H,5,6). The van der Waals surface area contributed by atoms with Crippen molar-refractivity contribution in [3.8, 4) is 5.75 Å². The van der Waals surface area contributed by atoms with Crippen LogP contribution in [-0.2, 0) is 11.4 Å². The van der Waals surface area contributed by atoms with Gasteiger partial charge >= 0.3 is 5.97 Å². The lowest BCUT2D eigenvalue weighted by atomic mass is 10.2. The van der Waals surface area contributed by atoms with Gasteiger partial charge < -0.3 is 9.84 Å². The Labute approximate surface area is 125 Å². The fraction of sp³-hybridized carbons (Fsp3) is 0.278. The molecule has 2 aromatic carbocycles. The van der Waals surface area contributed by atoms with E-state index in [0.29, 0.717) is 6.61 Å². The van der Waals surface area contributed by atoms with Gasteiger partial charge in [-0.2, -0.15) is 0 Å². The number of ether oxygens (including phenoxy) is 1. The average Bonchev–Trinajstić information content (AvgIpc) is 3.33. The number of hydrogen-bond acceptors (Lipinski definition) is 2. The highest BCUT2D eigenvalue weighted by atomic mass is 16.5. The molecule has 0 spiro atoms. The van der Waals surface area contributed by atoms with Crippen LogP contribution < -0.4 is 4.74 Å². The van der Waals surface area contributed by atoms with Crippen molar-refractivity contribution < 1.29 is 14.6 Å². The Balaban J connectivity index is 0.000000225. The second-order valence-corrected chi connectivity index (χ2v) is 5.15. The molecule has 0 bridgehead atoms. The molecule has 0 amide bonds. The van der Waals surface area contributed by atoms with E-state index in [1.807, 2.05) is 36.4 Å². The largest absolute Gasteiger partial charge is 0.489 e. The van der Waals surface area contributed by atoms with Gasteiger partial charge in [-0.3, -0.25) is 4.79 Å². The summed E-state index contributed by atoms with van der Waals surface area (Å²) < 4.78 is 5.72. The third-order valence-corrected chi connectivity index (χ3v) is 3.26.